The van der Waals surface area contributed by atoms with Crippen molar-refractivity contribution in [3.63, 3.8) is 0 Å². The molecule has 24 heavy (non-hydrogen) atoms. The first-order valence-corrected chi connectivity index (χ1v) is 7.95. The molecule has 1 amide bonds. The number of aromatic amines is 1. The van der Waals surface area contributed by atoms with Crippen molar-refractivity contribution in [2.24, 2.45) is 5.92 Å². The standard InChI is InChI=1S/C16H20N6O2/c1-11-5-8-21(14(23)3-6-17)9-13(11)22(2,24)16-12-4-7-18-15(12)19-10-20-16/h4,7,10-11,13H,3,5,8-9H2,1-2H3,(H,18,19,20)/t11-,13+,22?/m1/s1. The van der Waals surface area contributed by atoms with Crippen molar-refractivity contribution in [2.45, 2.75) is 25.8 Å². The van der Waals surface area contributed by atoms with Crippen LogP contribution in [-0.2, 0) is 4.79 Å². The summed E-state index contributed by atoms with van der Waals surface area (Å²) in [6.45, 7) is 2.94. The van der Waals surface area contributed by atoms with Gasteiger partial charge in [-0.2, -0.15) is 10.2 Å². The van der Waals surface area contributed by atoms with Gasteiger partial charge in [0.1, 0.15) is 29.8 Å². The van der Waals surface area contributed by atoms with Gasteiger partial charge in [-0.25, -0.2) is 4.98 Å². The minimum absolute atomic E-state index is 0.141. The van der Waals surface area contributed by atoms with Crippen LogP contribution in [0.25, 0.3) is 11.0 Å². The first-order chi connectivity index (χ1) is 11.4. The summed E-state index contributed by atoms with van der Waals surface area (Å²) in [6.07, 6.45) is 3.70. The van der Waals surface area contributed by atoms with Crippen molar-refractivity contribution < 1.29 is 4.79 Å². The monoisotopic (exact) mass is 328 g/mol. The van der Waals surface area contributed by atoms with Crippen LogP contribution in [0.15, 0.2) is 18.6 Å². The molecular weight excluding hydrogens is 308 g/mol. The normalized spacial score (nSPS) is 23.7. The molecule has 3 heterocycles. The van der Waals surface area contributed by atoms with Gasteiger partial charge in [-0.15, -0.1) is 0 Å². The molecule has 1 aliphatic rings. The lowest BCUT2D eigenvalue weighted by Crippen LogP contribution is -2.60. The van der Waals surface area contributed by atoms with Crippen LogP contribution in [0.2, 0.25) is 0 Å². The second-order valence-corrected chi connectivity index (χ2v) is 6.44. The second kappa shape index (κ2) is 6.19. The fourth-order valence-corrected chi connectivity index (χ4v) is 3.47. The van der Waals surface area contributed by atoms with Gasteiger partial charge in [0.2, 0.25) is 11.7 Å². The van der Waals surface area contributed by atoms with E-state index in [4.69, 9.17) is 5.26 Å². The summed E-state index contributed by atoms with van der Waals surface area (Å²) in [5.41, 5.74) is 0.626. The van der Waals surface area contributed by atoms with Crippen molar-refractivity contribution in [1.82, 2.24) is 24.5 Å². The lowest BCUT2D eigenvalue weighted by molar-refractivity contribution is -0.132. The number of hydrogen-bond acceptors (Lipinski definition) is 5. The Kier molecular flexibility index (Phi) is 4.22. The number of nitriles is 1. The van der Waals surface area contributed by atoms with Crippen molar-refractivity contribution in [3.8, 4) is 6.07 Å². The Morgan fingerprint density at radius 2 is 2.38 bits per heavy atom. The number of carbonyl (C=O) groups is 1. The molecule has 0 aliphatic carbocycles. The molecule has 0 spiro atoms. The van der Waals surface area contributed by atoms with E-state index in [0.717, 1.165) is 6.42 Å². The van der Waals surface area contributed by atoms with Crippen LogP contribution in [-0.4, -0.2) is 51.9 Å². The van der Waals surface area contributed by atoms with Gasteiger partial charge in [-0.3, -0.25) is 4.79 Å². The molecular formula is C16H20N6O2. The highest BCUT2D eigenvalue weighted by molar-refractivity contribution is 5.86. The van der Waals surface area contributed by atoms with Gasteiger partial charge in [0.25, 0.3) is 0 Å². The van der Waals surface area contributed by atoms with Crippen LogP contribution in [0.5, 0.6) is 0 Å². The molecule has 3 atom stereocenters. The molecule has 1 aliphatic heterocycles. The molecule has 0 saturated carbocycles. The van der Waals surface area contributed by atoms with Gasteiger partial charge in [0, 0.05) is 18.7 Å². The minimum atomic E-state index is -0.672. The summed E-state index contributed by atoms with van der Waals surface area (Å²) in [5.74, 6) is 0.319. The molecule has 1 N–H and O–H groups in total. The van der Waals surface area contributed by atoms with E-state index in [1.54, 1.807) is 24.2 Å². The molecule has 8 nitrogen and oxygen atoms in total. The maximum atomic E-state index is 13.5. The van der Waals surface area contributed by atoms with E-state index in [1.165, 1.54) is 6.33 Å². The Balaban J connectivity index is 1.94. The SMILES string of the molecule is C[C@@H]1CCN(C(=O)CC#N)C[C@@H]1[N+](C)([O-])c1ncnc2[nH]ccc12. The van der Waals surface area contributed by atoms with E-state index in [0.29, 0.717) is 29.9 Å². The molecule has 8 heteroatoms. The molecule has 126 valence electrons. The third-order valence-electron chi connectivity index (χ3n) is 4.89. The highest BCUT2D eigenvalue weighted by Crippen LogP contribution is 2.34. The van der Waals surface area contributed by atoms with Gasteiger partial charge in [0.15, 0.2) is 0 Å². The number of H-pyrrole nitrogens is 1. The third-order valence-corrected chi connectivity index (χ3v) is 4.89. The zero-order valence-electron chi connectivity index (χ0n) is 13.8. The predicted molar refractivity (Wildman–Crippen MR) is 89.4 cm³/mol. The Morgan fingerprint density at radius 3 is 3.12 bits per heavy atom. The van der Waals surface area contributed by atoms with Gasteiger partial charge in [-0.1, -0.05) is 6.92 Å². The number of quaternary nitrogens is 1. The molecule has 0 aromatic carbocycles. The van der Waals surface area contributed by atoms with Crippen LogP contribution in [0.3, 0.4) is 0 Å². The molecule has 1 unspecified atom stereocenters. The van der Waals surface area contributed by atoms with Crippen LogP contribution in [0.4, 0.5) is 5.82 Å². The predicted octanol–water partition coefficient (Wildman–Crippen LogP) is 1.54. The Hall–Kier alpha value is -2.50. The number of carbonyl (C=O) groups excluding carboxylic acids is 1. The summed E-state index contributed by atoms with van der Waals surface area (Å²) in [5, 5.41) is 23.0. The average Bonchev–Trinajstić information content (AvgIpc) is 3.03. The van der Waals surface area contributed by atoms with Crippen LogP contribution < -0.4 is 4.65 Å². The highest BCUT2D eigenvalue weighted by Gasteiger charge is 2.40. The molecule has 2 aromatic rings. The fourth-order valence-electron chi connectivity index (χ4n) is 3.47. The number of likely N-dealkylation sites (tertiary alicyclic amines) is 1. The van der Waals surface area contributed by atoms with E-state index >= 15 is 0 Å². The number of piperidine rings is 1. The van der Waals surface area contributed by atoms with Crippen molar-refractivity contribution >= 4 is 22.8 Å². The zero-order valence-corrected chi connectivity index (χ0v) is 13.8. The van der Waals surface area contributed by atoms with Crippen molar-refractivity contribution in [2.75, 3.05) is 20.1 Å². The second-order valence-electron chi connectivity index (χ2n) is 6.44. The van der Waals surface area contributed by atoms with Crippen molar-refractivity contribution in [1.29, 1.82) is 5.26 Å². The lowest BCUT2D eigenvalue weighted by Gasteiger charge is -2.50. The van der Waals surface area contributed by atoms with Crippen LogP contribution >= 0.6 is 0 Å². The third kappa shape index (κ3) is 2.72. The van der Waals surface area contributed by atoms with Gasteiger partial charge < -0.3 is 19.7 Å². The Morgan fingerprint density at radius 1 is 1.58 bits per heavy atom. The highest BCUT2D eigenvalue weighted by atomic mass is 16.5. The summed E-state index contributed by atoms with van der Waals surface area (Å²) < 4.78 is -0.672. The first-order valence-electron chi connectivity index (χ1n) is 7.95. The van der Waals surface area contributed by atoms with E-state index < -0.39 is 4.65 Å². The number of nitrogens with zero attached hydrogens (tertiary/aromatic N) is 5. The maximum absolute atomic E-state index is 13.5. The zero-order chi connectivity index (χ0) is 17.3. The average molecular weight is 328 g/mol. The molecule has 3 rings (SSSR count). The summed E-state index contributed by atoms with van der Waals surface area (Å²) >= 11 is 0. The minimum Gasteiger partial charge on any atom is -0.626 e. The van der Waals surface area contributed by atoms with Crippen LogP contribution in [0, 0.1) is 22.5 Å². The number of rotatable bonds is 3. The molecule has 1 fully saturated rings. The Bertz CT molecular complexity index is 793. The van der Waals surface area contributed by atoms with Crippen LogP contribution in [0.1, 0.15) is 19.8 Å². The molecule has 0 radical (unpaired) electrons. The van der Waals surface area contributed by atoms with E-state index in [2.05, 4.69) is 15.0 Å². The number of amides is 1. The van der Waals surface area contributed by atoms with E-state index in [1.807, 2.05) is 13.0 Å². The number of hydrogen-bond donors (Lipinski definition) is 1. The number of likely N-dealkylation sites (N-methyl/N-ethyl adjacent to an activating group) is 1. The first kappa shape index (κ1) is 16.4. The largest absolute Gasteiger partial charge is 0.626 e. The van der Waals surface area contributed by atoms with E-state index in [-0.39, 0.29) is 24.3 Å². The maximum Gasteiger partial charge on any atom is 0.240 e. The van der Waals surface area contributed by atoms with Gasteiger partial charge >= 0.3 is 0 Å². The quantitative estimate of drug-likeness (QED) is 0.679. The lowest BCUT2D eigenvalue weighted by atomic mass is 9.91. The molecule has 1 saturated heterocycles. The number of aromatic nitrogens is 3. The van der Waals surface area contributed by atoms with Crippen molar-refractivity contribution in [3.05, 3.63) is 23.8 Å². The topological polar surface area (TPSA) is 109 Å². The number of hydroxylamine groups is 2. The molecule has 2 aromatic heterocycles. The van der Waals surface area contributed by atoms with Gasteiger partial charge in [0.05, 0.1) is 19.7 Å². The fraction of sp³-hybridized carbons (Fsp3) is 0.500. The number of fused-ring (bicyclic) bond motifs is 1. The summed E-state index contributed by atoms with van der Waals surface area (Å²) in [6, 6.07) is 3.34. The molecule has 0 bridgehead atoms. The Labute approximate surface area is 139 Å². The summed E-state index contributed by atoms with van der Waals surface area (Å²) in [7, 11) is 1.58. The number of nitrogens with one attached hydrogen (secondary N) is 1. The van der Waals surface area contributed by atoms with Gasteiger partial charge in [-0.05, 0) is 12.5 Å². The van der Waals surface area contributed by atoms with E-state index in [9.17, 15) is 10.0 Å². The summed E-state index contributed by atoms with van der Waals surface area (Å²) in [4.78, 5) is 25.0. The smallest absolute Gasteiger partial charge is 0.240 e.